The lowest BCUT2D eigenvalue weighted by Crippen LogP contribution is -2.53. The number of nitrogen functional groups attached to an aromatic ring is 2. The Bertz CT molecular complexity index is 2650. The molecule has 74 heavy (non-hydrogen) atoms. The zero-order valence-corrected chi connectivity index (χ0v) is 41.1. The summed E-state index contributed by atoms with van der Waals surface area (Å²) in [6.45, 7) is 3.50. The summed E-state index contributed by atoms with van der Waals surface area (Å²) in [6, 6.07) is 13.4. The van der Waals surface area contributed by atoms with Crippen LogP contribution in [0.4, 0.5) is 17.1 Å². The number of nitrogens with two attached hydrogens (primary N) is 2. The Kier molecular flexibility index (Phi) is 22.8. The van der Waals surface area contributed by atoms with E-state index >= 15 is 0 Å². The van der Waals surface area contributed by atoms with Gasteiger partial charge in [-0.05, 0) is 62.1 Å². The predicted molar refractivity (Wildman–Crippen MR) is 266 cm³/mol. The van der Waals surface area contributed by atoms with Crippen molar-refractivity contribution in [3.63, 3.8) is 0 Å². The number of aliphatic carboxylic acids is 1. The summed E-state index contributed by atoms with van der Waals surface area (Å²) in [5.74, 6) is -10.7. The van der Waals surface area contributed by atoms with Crippen LogP contribution in [0, 0.1) is 0 Å². The van der Waals surface area contributed by atoms with Gasteiger partial charge < -0.3 is 47.3 Å². The second kappa shape index (κ2) is 29.1. The monoisotopic (exact) mass is 1020 g/mol. The molecular weight excluding hydrogens is 963 g/mol. The van der Waals surface area contributed by atoms with Crippen LogP contribution in [0.1, 0.15) is 128 Å². The van der Waals surface area contributed by atoms with E-state index in [2.05, 4.69) is 21.3 Å². The maximum atomic E-state index is 13.9. The highest BCUT2D eigenvalue weighted by Gasteiger charge is 2.37. The van der Waals surface area contributed by atoms with E-state index in [9.17, 15) is 57.5 Å². The number of imide groups is 1. The van der Waals surface area contributed by atoms with Crippen LogP contribution < -0.4 is 32.7 Å². The summed E-state index contributed by atoms with van der Waals surface area (Å²) in [4.78, 5) is 157. The molecule has 0 radical (unpaired) electrons. The average Bonchev–Trinajstić information content (AvgIpc) is 3.62. The molecular formula is C52H61N7O15. The van der Waals surface area contributed by atoms with Gasteiger partial charge in [0.2, 0.25) is 29.4 Å². The summed E-state index contributed by atoms with van der Waals surface area (Å²) in [6.07, 6.45) is 0.210. The molecule has 1 aliphatic rings. The number of para-hydroxylation sites is 3. The predicted octanol–water partition coefficient (Wildman–Crippen LogP) is 3.73. The minimum Gasteiger partial charge on any atom is -0.481 e. The molecule has 0 saturated carbocycles. The summed E-state index contributed by atoms with van der Waals surface area (Å²) < 4.78 is 10.5. The molecule has 1 aliphatic heterocycles. The maximum Gasteiger partial charge on any atom is 0.334 e. The number of carboxylic acids is 1. The Morgan fingerprint density at radius 1 is 0.581 bits per heavy atom. The number of nitrogens with zero attached hydrogens (tertiary/aromatic N) is 1. The van der Waals surface area contributed by atoms with Crippen molar-refractivity contribution in [1.29, 1.82) is 0 Å². The van der Waals surface area contributed by atoms with Crippen LogP contribution in [0.15, 0.2) is 84.6 Å². The van der Waals surface area contributed by atoms with Gasteiger partial charge >= 0.3 is 17.9 Å². The second-order valence-corrected chi connectivity index (χ2v) is 17.2. The van der Waals surface area contributed by atoms with E-state index in [1.807, 2.05) is 6.92 Å². The normalized spacial score (nSPS) is 13.1. The number of rotatable bonds is 31. The third-order valence-corrected chi connectivity index (χ3v) is 11.3. The third kappa shape index (κ3) is 17.9. The highest BCUT2D eigenvalue weighted by atomic mass is 16.5. The van der Waals surface area contributed by atoms with Crippen LogP contribution in [-0.2, 0) is 52.6 Å². The number of hydrogen-bond acceptors (Lipinski definition) is 16. The van der Waals surface area contributed by atoms with E-state index in [-0.39, 0.29) is 72.6 Å². The van der Waals surface area contributed by atoms with Crippen molar-refractivity contribution >= 4 is 87.8 Å². The van der Waals surface area contributed by atoms with Gasteiger partial charge in [-0.1, -0.05) is 63.1 Å². The number of carbonyl (C=O) groups is 12. The fourth-order valence-electron chi connectivity index (χ4n) is 7.38. The highest BCUT2D eigenvalue weighted by molar-refractivity contribution is 6.16. The fraction of sp³-hybridized carbons (Fsp3) is 0.385. The minimum atomic E-state index is -1.68. The topological polar surface area (TPSA) is 347 Å². The maximum absolute atomic E-state index is 13.9. The zero-order chi connectivity index (χ0) is 54.3. The standard InChI is InChI=1S/C52H61N7O15/c1-3-5-26-73-51(71)38(28-40(60)31-16-8-11-19-34(31)53)58-49(69)37(56-44(63)15-4-2)27-42(62)33-18-10-13-21-36(33)55-45(64)22-7-6-14-25-59-47(66)30-43(50(59)70)74-52(72)39(57-46(65)23-24-48(67)68)29-41(61)32-17-9-12-20-35(32)54/h8-13,16-21,30,37-39H,3-7,14-15,22-29,53-54H2,1-2H3,(H,55,64)(H,56,63)(H,57,65)(H,58,69)(H,67,68). The number of hydrogen-bond donors (Lipinski definition) is 7. The Morgan fingerprint density at radius 3 is 1.72 bits per heavy atom. The van der Waals surface area contributed by atoms with E-state index < -0.39 is 127 Å². The second-order valence-electron chi connectivity index (χ2n) is 17.2. The van der Waals surface area contributed by atoms with Gasteiger partial charge in [-0.25, -0.2) is 9.59 Å². The van der Waals surface area contributed by atoms with E-state index in [1.54, 1.807) is 31.2 Å². The molecule has 3 aromatic carbocycles. The molecule has 0 saturated heterocycles. The first-order valence-corrected chi connectivity index (χ1v) is 24.1. The van der Waals surface area contributed by atoms with Crippen molar-refractivity contribution in [2.45, 2.75) is 115 Å². The van der Waals surface area contributed by atoms with Crippen molar-refractivity contribution in [1.82, 2.24) is 20.9 Å². The van der Waals surface area contributed by atoms with E-state index in [1.165, 1.54) is 48.5 Å². The molecule has 0 aromatic heterocycles. The lowest BCUT2D eigenvalue weighted by atomic mass is 9.99. The van der Waals surface area contributed by atoms with Gasteiger partial charge in [-0.3, -0.25) is 52.8 Å². The molecule has 3 unspecified atom stereocenters. The number of esters is 2. The van der Waals surface area contributed by atoms with Crippen LogP contribution in [-0.4, -0.2) is 112 Å². The summed E-state index contributed by atoms with van der Waals surface area (Å²) >= 11 is 0. The fourth-order valence-corrected chi connectivity index (χ4v) is 7.38. The number of amides is 6. The molecule has 0 fully saturated rings. The lowest BCUT2D eigenvalue weighted by Gasteiger charge is -2.23. The number of benzene rings is 3. The first kappa shape index (κ1) is 58.0. The zero-order valence-electron chi connectivity index (χ0n) is 41.1. The van der Waals surface area contributed by atoms with Crippen LogP contribution in [0.25, 0.3) is 0 Å². The molecule has 0 aliphatic carbocycles. The Balaban J connectivity index is 1.34. The number of nitrogens with one attached hydrogen (secondary N) is 4. The van der Waals surface area contributed by atoms with Crippen LogP contribution in [0.2, 0.25) is 0 Å². The molecule has 1 heterocycles. The van der Waals surface area contributed by atoms with Crippen molar-refractivity contribution in [2.75, 3.05) is 29.9 Å². The number of ether oxygens (including phenoxy) is 2. The molecule has 6 amide bonds. The molecule has 3 atom stereocenters. The first-order chi connectivity index (χ1) is 35.3. The van der Waals surface area contributed by atoms with Gasteiger partial charge in [0.1, 0.15) is 18.1 Å². The average molecular weight is 1020 g/mol. The molecule has 394 valence electrons. The molecule has 0 bridgehead atoms. The van der Waals surface area contributed by atoms with Crippen LogP contribution in [0.3, 0.4) is 0 Å². The molecule has 0 spiro atoms. The SMILES string of the molecule is CCCCOC(=O)C(CC(=O)c1ccccc1N)NC(=O)C(CC(=O)c1ccccc1NC(=O)CCCCCN1C(=O)C=C(OC(=O)C(CC(=O)c2ccccc2N)NC(=O)CCC(=O)O)C1=O)NC(=O)CCC. The van der Waals surface area contributed by atoms with E-state index in [4.69, 9.17) is 26.0 Å². The number of carbonyl (C=O) groups excluding carboxylic acids is 11. The van der Waals surface area contributed by atoms with Gasteiger partial charge in [-0.2, -0.15) is 0 Å². The van der Waals surface area contributed by atoms with Crippen molar-refractivity contribution < 1.29 is 72.1 Å². The summed E-state index contributed by atoms with van der Waals surface area (Å²) in [5, 5.41) is 18.9. The van der Waals surface area contributed by atoms with Gasteiger partial charge in [0.15, 0.2) is 17.3 Å². The van der Waals surface area contributed by atoms with Gasteiger partial charge in [0.05, 0.1) is 24.8 Å². The minimum absolute atomic E-state index is 0.00286. The Labute approximate surface area is 426 Å². The van der Waals surface area contributed by atoms with Crippen molar-refractivity contribution in [2.24, 2.45) is 0 Å². The van der Waals surface area contributed by atoms with E-state index in [0.29, 0.717) is 25.7 Å². The first-order valence-electron chi connectivity index (χ1n) is 24.1. The van der Waals surface area contributed by atoms with Gasteiger partial charge in [0, 0.05) is 73.1 Å². The number of unbranched alkanes of at least 4 members (excludes halogenated alkanes) is 3. The molecule has 22 nitrogen and oxygen atoms in total. The number of ketones is 3. The van der Waals surface area contributed by atoms with E-state index in [0.717, 1.165) is 11.0 Å². The van der Waals surface area contributed by atoms with Crippen molar-refractivity contribution in [3.8, 4) is 0 Å². The third-order valence-electron chi connectivity index (χ3n) is 11.3. The van der Waals surface area contributed by atoms with Gasteiger partial charge in [-0.15, -0.1) is 0 Å². The Morgan fingerprint density at radius 2 is 1.12 bits per heavy atom. The molecule has 4 rings (SSSR count). The largest absolute Gasteiger partial charge is 0.481 e. The summed E-state index contributed by atoms with van der Waals surface area (Å²) in [7, 11) is 0. The van der Waals surface area contributed by atoms with Gasteiger partial charge in [0.25, 0.3) is 11.8 Å². The number of anilines is 3. The smallest absolute Gasteiger partial charge is 0.334 e. The Hall–Kier alpha value is -8.56. The van der Waals surface area contributed by atoms with Crippen LogP contribution in [0.5, 0.6) is 0 Å². The van der Waals surface area contributed by atoms with Crippen LogP contribution >= 0.6 is 0 Å². The number of carboxylic acid groups (broad SMARTS) is 1. The molecule has 9 N–H and O–H groups in total. The highest BCUT2D eigenvalue weighted by Crippen LogP contribution is 2.22. The van der Waals surface area contributed by atoms with Crippen molar-refractivity contribution in [3.05, 3.63) is 101 Å². The summed E-state index contributed by atoms with van der Waals surface area (Å²) in [5.41, 5.74) is 12.4. The molecule has 22 heteroatoms. The molecule has 3 aromatic rings. The number of Topliss-reactive ketones (excluding diaryl/α,β-unsaturated/α-hetero) is 3. The lowest BCUT2D eigenvalue weighted by molar-refractivity contribution is -0.149. The quantitative estimate of drug-likeness (QED) is 0.0159.